The summed E-state index contributed by atoms with van der Waals surface area (Å²) >= 11 is 0. The van der Waals surface area contributed by atoms with E-state index in [1.54, 1.807) is 0 Å². The Labute approximate surface area is 116 Å². The fraction of sp³-hybridized carbons (Fsp3) is 0.727. The zero-order valence-electron chi connectivity index (χ0n) is 11.8. The largest absolute Gasteiger partial charge is 0.466 e. The Morgan fingerprint density at radius 2 is 1.95 bits per heavy atom. The lowest BCUT2D eigenvalue weighted by Crippen LogP contribution is -2.61. The second kappa shape index (κ2) is 7.06. The van der Waals surface area contributed by atoms with Crippen LogP contribution in [-0.4, -0.2) is 68.3 Å². The van der Waals surface area contributed by atoms with Gasteiger partial charge in [0.05, 0.1) is 13.7 Å². The molecule has 2 unspecified atom stereocenters. The highest BCUT2D eigenvalue weighted by Gasteiger charge is 2.43. The average molecular weight is 290 g/mol. The number of ether oxygens (including phenoxy) is 3. The lowest BCUT2D eigenvalue weighted by Gasteiger charge is -2.41. The van der Waals surface area contributed by atoms with Gasteiger partial charge in [-0.25, -0.2) is 9.59 Å². The van der Waals surface area contributed by atoms with Crippen molar-refractivity contribution in [2.24, 2.45) is 0 Å². The first-order valence-electron chi connectivity index (χ1n) is 5.88. The second-order valence-electron chi connectivity index (χ2n) is 3.97. The molecule has 0 aromatic carbocycles. The molecule has 1 aliphatic heterocycles. The molecular formula is C11H18N2O7. The maximum absolute atomic E-state index is 12.3. The number of hydroxylamine groups is 2. The Morgan fingerprint density at radius 1 is 1.30 bits per heavy atom. The first-order valence-corrected chi connectivity index (χ1v) is 5.88. The molecule has 2 amide bonds. The molecule has 0 radical (unpaired) electrons. The molecule has 1 fully saturated rings. The van der Waals surface area contributed by atoms with Crippen LogP contribution in [0.1, 0.15) is 13.3 Å². The summed E-state index contributed by atoms with van der Waals surface area (Å²) in [6, 6.07) is -0.712. The number of nitrogens with zero attached hydrogens (tertiary/aromatic N) is 2. The Kier molecular flexibility index (Phi) is 5.71. The van der Waals surface area contributed by atoms with Gasteiger partial charge in [0.25, 0.3) is 0 Å². The molecule has 0 saturated carbocycles. The van der Waals surface area contributed by atoms with E-state index in [9.17, 15) is 14.4 Å². The van der Waals surface area contributed by atoms with Crippen LogP contribution >= 0.6 is 0 Å². The van der Waals surface area contributed by atoms with E-state index < -0.39 is 30.4 Å². The molecule has 9 heteroatoms. The van der Waals surface area contributed by atoms with Crippen molar-refractivity contribution in [3.63, 3.8) is 0 Å². The molecule has 0 spiro atoms. The van der Waals surface area contributed by atoms with E-state index >= 15 is 0 Å². The summed E-state index contributed by atoms with van der Waals surface area (Å²) < 4.78 is 14.7. The van der Waals surface area contributed by atoms with Crippen molar-refractivity contribution in [2.75, 3.05) is 27.9 Å². The van der Waals surface area contributed by atoms with E-state index in [4.69, 9.17) is 14.3 Å². The van der Waals surface area contributed by atoms with Crippen LogP contribution in [0.5, 0.6) is 0 Å². The number of methoxy groups -OCH3 is 3. The molecule has 0 aromatic heterocycles. The number of urea groups is 1. The van der Waals surface area contributed by atoms with Crippen molar-refractivity contribution >= 4 is 18.0 Å². The fourth-order valence-electron chi connectivity index (χ4n) is 1.86. The van der Waals surface area contributed by atoms with Gasteiger partial charge < -0.3 is 19.0 Å². The van der Waals surface area contributed by atoms with Gasteiger partial charge in [0.1, 0.15) is 6.23 Å². The van der Waals surface area contributed by atoms with Gasteiger partial charge in [-0.2, -0.15) is 5.06 Å². The van der Waals surface area contributed by atoms with Gasteiger partial charge in [0.2, 0.25) is 6.23 Å². The van der Waals surface area contributed by atoms with Crippen LogP contribution in [0.2, 0.25) is 0 Å². The highest BCUT2D eigenvalue weighted by atomic mass is 16.7. The summed E-state index contributed by atoms with van der Waals surface area (Å²) in [5, 5.41) is 0.854. The van der Waals surface area contributed by atoms with E-state index in [1.165, 1.54) is 28.3 Å². The molecule has 0 N–H and O–H groups in total. The zero-order chi connectivity index (χ0) is 15.3. The number of rotatable bonds is 5. The lowest BCUT2D eigenvalue weighted by atomic mass is 10.2. The highest BCUT2D eigenvalue weighted by molar-refractivity contribution is 5.83. The molecule has 1 rings (SSSR count). The van der Waals surface area contributed by atoms with Crippen LogP contribution < -0.4 is 0 Å². The predicted octanol–water partition coefficient (Wildman–Crippen LogP) is -0.290. The monoisotopic (exact) mass is 290 g/mol. The summed E-state index contributed by atoms with van der Waals surface area (Å²) in [6.07, 6.45) is -1.62. The SMILES string of the molecule is COC(=O)C(OC)N1C(=O)N(OC(C)=O)CCC1OC. The van der Waals surface area contributed by atoms with Crippen molar-refractivity contribution in [1.29, 1.82) is 0 Å². The normalized spacial score (nSPS) is 20.6. The number of esters is 1. The van der Waals surface area contributed by atoms with Crippen molar-refractivity contribution in [1.82, 2.24) is 9.96 Å². The van der Waals surface area contributed by atoms with Crippen molar-refractivity contribution in [3.8, 4) is 0 Å². The molecule has 1 saturated heterocycles. The van der Waals surface area contributed by atoms with Crippen molar-refractivity contribution in [3.05, 3.63) is 0 Å². The summed E-state index contributed by atoms with van der Waals surface area (Å²) in [6.45, 7) is 1.33. The van der Waals surface area contributed by atoms with Crippen LogP contribution in [-0.2, 0) is 28.6 Å². The Bertz CT molecular complexity index is 387. The minimum Gasteiger partial charge on any atom is -0.466 e. The van der Waals surface area contributed by atoms with Crippen LogP contribution in [0.3, 0.4) is 0 Å². The minimum absolute atomic E-state index is 0.158. The smallest absolute Gasteiger partial charge is 0.357 e. The van der Waals surface area contributed by atoms with Gasteiger partial charge in [0.15, 0.2) is 0 Å². The molecule has 20 heavy (non-hydrogen) atoms. The Hall–Kier alpha value is -1.87. The molecule has 9 nitrogen and oxygen atoms in total. The second-order valence-corrected chi connectivity index (χ2v) is 3.97. The van der Waals surface area contributed by atoms with Crippen LogP contribution in [0.4, 0.5) is 4.79 Å². The summed E-state index contributed by atoms with van der Waals surface area (Å²) in [5.41, 5.74) is 0. The molecular weight excluding hydrogens is 272 g/mol. The summed E-state index contributed by atoms with van der Waals surface area (Å²) in [4.78, 5) is 40.7. The molecule has 1 aliphatic rings. The zero-order valence-corrected chi connectivity index (χ0v) is 11.8. The number of carbonyl (C=O) groups excluding carboxylic acids is 3. The third kappa shape index (κ3) is 3.36. The van der Waals surface area contributed by atoms with Gasteiger partial charge in [-0.05, 0) is 0 Å². The van der Waals surface area contributed by atoms with E-state index in [-0.39, 0.29) is 6.54 Å². The van der Waals surface area contributed by atoms with E-state index in [0.717, 1.165) is 9.96 Å². The Balaban J connectivity index is 2.98. The topological polar surface area (TPSA) is 94.6 Å². The standard InChI is InChI=1S/C11H18N2O7/c1-7(14)20-12-6-5-8(17-2)13(11(12)16)9(18-3)10(15)19-4/h8-9H,5-6H2,1-4H3. The lowest BCUT2D eigenvalue weighted by molar-refractivity contribution is -0.206. The molecule has 1 heterocycles. The van der Waals surface area contributed by atoms with Crippen molar-refractivity contribution in [2.45, 2.75) is 25.8 Å². The summed E-state index contributed by atoms with van der Waals surface area (Å²) in [5.74, 6) is -1.39. The number of carbonyl (C=O) groups is 3. The maximum atomic E-state index is 12.3. The van der Waals surface area contributed by atoms with Gasteiger partial charge >= 0.3 is 18.0 Å². The Morgan fingerprint density at radius 3 is 2.40 bits per heavy atom. The van der Waals surface area contributed by atoms with Gasteiger partial charge in [0, 0.05) is 27.6 Å². The molecule has 0 bridgehead atoms. The summed E-state index contributed by atoms with van der Waals surface area (Å²) in [7, 11) is 3.83. The van der Waals surface area contributed by atoms with Crippen LogP contribution in [0.25, 0.3) is 0 Å². The number of hydrogen-bond acceptors (Lipinski definition) is 7. The van der Waals surface area contributed by atoms with E-state index in [1.807, 2.05) is 0 Å². The fourth-order valence-corrected chi connectivity index (χ4v) is 1.86. The van der Waals surface area contributed by atoms with E-state index in [2.05, 4.69) is 4.74 Å². The molecule has 0 aliphatic carbocycles. The number of hydrogen-bond donors (Lipinski definition) is 0. The first kappa shape index (κ1) is 16.2. The van der Waals surface area contributed by atoms with E-state index in [0.29, 0.717) is 6.42 Å². The predicted molar refractivity (Wildman–Crippen MR) is 63.9 cm³/mol. The third-order valence-electron chi connectivity index (χ3n) is 2.71. The molecule has 2 atom stereocenters. The molecule has 114 valence electrons. The van der Waals surface area contributed by atoms with Gasteiger partial charge in [-0.1, -0.05) is 0 Å². The third-order valence-corrected chi connectivity index (χ3v) is 2.71. The maximum Gasteiger partial charge on any atom is 0.357 e. The number of amides is 2. The molecule has 0 aromatic rings. The van der Waals surface area contributed by atoms with Crippen LogP contribution in [0.15, 0.2) is 0 Å². The van der Waals surface area contributed by atoms with Gasteiger partial charge in [-0.3, -0.25) is 9.69 Å². The van der Waals surface area contributed by atoms with Gasteiger partial charge in [-0.15, -0.1) is 0 Å². The van der Waals surface area contributed by atoms with Crippen molar-refractivity contribution < 1.29 is 33.4 Å². The average Bonchev–Trinajstić information content (AvgIpc) is 2.42. The van der Waals surface area contributed by atoms with Crippen LogP contribution in [0, 0.1) is 0 Å². The quantitative estimate of drug-likeness (QED) is 0.642. The minimum atomic E-state index is -1.28. The highest BCUT2D eigenvalue weighted by Crippen LogP contribution is 2.21. The first-order chi connectivity index (χ1) is 9.46.